The van der Waals surface area contributed by atoms with Gasteiger partial charge in [0.15, 0.2) is 0 Å². The topological polar surface area (TPSA) is 67.9 Å². The molecule has 6 heteroatoms. The molecule has 6 nitrogen and oxygen atoms in total. The predicted molar refractivity (Wildman–Crippen MR) is 71.3 cm³/mol. The number of anilines is 1. The van der Waals surface area contributed by atoms with Gasteiger partial charge >= 0.3 is 12.0 Å². The molecule has 0 radical (unpaired) electrons. The van der Waals surface area contributed by atoms with Crippen molar-refractivity contribution in [3.63, 3.8) is 0 Å². The fourth-order valence-electron chi connectivity index (χ4n) is 1.49. The van der Waals surface area contributed by atoms with E-state index in [1.807, 2.05) is 0 Å². The molecule has 19 heavy (non-hydrogen) atoms. The first-order valence-electron chi connectivity index (χ1n) is 5.88. The van der Waals surface area contributed by atoms with E-state index >= 15 is 0 Å². The fourth-order valence-corrected chi connectivity index (χ4v) is 1.49. The molecule has 0 atom stereocenters. The van der Waals surface area contributed by atoms with Crippen LogP contribution >= 0.6 is 0 Å². The monoisotopic (exact) mass is 266 g/mol. The molecule has 1 aromatic rings. The number of amides is 2. The highest BCUT2D eigenvalue weighted by atomic mass is 16.5. The molecule has 0 saturated heterocycles. The van der Waals surface area contributed by atoms with Gasteiger partial charge in [-0.3, -0.25) is 4.79 Å². The lowest BCUT2D eigenvalue weighted by atomic mass is 10.3. The molecule has 0 aliphatic rings. The first kappa shape index (κ1) is 14.8. The van der Waals surface area contributed by atoms with Gasteiger partial charge in [0, 0.05) is 6.54 Å². The second-order valence-corrected chi connectivity index (χ2v) is 3.72. The summed E-state index contributed by atoms with van der Waals surface area (Å²) in [4.78, 5) is 24.6. The van der Waals surface area contributed by atoms with Crippen LogP contribution in [0.3, 0.4) is 0 Å². The first-order chi connectivity index (χ1) is 9.12. The molecule has 2 amide bonds. The van der Waals surface area contributed by atoms with E-state index < -0.39 is 5.97 Å². The second kappa shape index (κ2) is 7.25. The van der Waals surface area contributed by atoms with Crippen molar-refractivity contribution >= 4 is 17.7 Å². The Labute approximate surface area is 112 Å². The number of ether oxygens (including phenoxy) is 2. The van der Waals surface area contributed by atoms with Gasteiger partial charge in [0.1, 0.15) is 12.3 Å². The van der Waals surface area contributed by atoms with E-state index in [-0.39, 0.29) is 12.6 Å². The third kappa shape index (κ3) is 4.17. The lowest BCUT2D eigenvalue weighted by molar-refractivity contribution is -0.141. The Hall–Kier alpha value is -2.24. The zero-order valence-electron chi connectivity index (χ0n) is 11.3. The Morgan fingerprint density at radius 1 is 1.26 bits per heavy atom. The molecule has 0 aliphatic carbocycles. The Balaban J connectivity index is 2.74. The molecule has 1 N–H and O–H groups in total. The van der Waals surface area contributed by atoms with E-state index in [1.165, 1.54) is 19.1 Å². The highest BCUT2D eigenvalue weighted by molar-refractivity contribution is 5.92. The van der Waals surface area contributed by atoms with Crippen molar-refractivity contribution in [2.24, 2.45) is 0 Å². The Bertz CT molecular complexity index is 448. The van der Waals surface area contributed by atoms with Crippen LogP contribution in [-0.2, 0) is 9.53 Å². The van der Waals surface area contributed by atoms with Gasteiger partial charge in [0.2, 0.25) is 0 Å². The van der Waals surface area contributed by atoms with E-state index in [2.05, 4.69) is 10.1 Å². The quantitative estimate of drug-likeness (QED) is 0.824. The van der Waals surface area contributed by atoms with Gasteiger partial charge in [-0.05, 0) is 19.1 Å². The summed E-state index contributed by atoms with van der Waals surface area (Å²) in [5, 5.41) is 2.70. The van der Waals surface area contributed by atoms with Crippen LogP contribution in [0.4, 0.5) is 10.5 Å². The molecule has 0 heterocycles. The summed E-state index contributed by atoms with van der Waals surface area (Å²) in [6, 6.07) is 6.68. The van der Waals surface area contributed by atoms with E-state index in [1.54, 1.807) is 31.2 Å². The molecule has 0 aromatic heterocycles. The van der Waals surface area contributed by atoms with E-state index in [9.17, 15) is 9.59 Å². The van der Waals surface area contributed by atoms with Gasteiger partial charge in [-0.15, -0.1) is 0 Å². The SMILES string of the molecule is CCN(CC(=O)OC)C(=O)Nc1ccccc1OC. The summed E-state index contributed by atoms with van der Waals surface area (Å²) in [6.45, 7) is 2.09. The molecule has 0 spiro atoms. The van der Waals surface area contributed by atoms with Crippen molar-refractivity contribution in [2.75, 3.05) is 32.6 Å². The second-order valence-electron chi connectivity index (χ2n) is 3.72. The van der Waals surface area contributed by atoms with Crippen molar-refractivity contribution in [1.82, 2.24) is 4.90 Å². The largest absolute Gasteiger partial charge is 0.495 e. The minimum atomic E-state index is -0.461. The lowest BCUT2D eigenvalue weighted by Crippen LogP contribution is -2.39. The number of rotatable bonds is 5. The number of hydrogen-bond acceptors (Lipinski definition) is 4. The van der Waals surface area contributed by atoms with Gasteiger partial charge in [0.25, 0.3) is 0 Å². The summed E-state index contributed by atoms with van der Waals surface area (Å²) in [5.41, 5.74) is 0.554. The van der Waals surface area contributed by atoms with Crippen LogP contribution < -0.4 is 10.1 Å². The molecule has 0 aliphatic heterocycles. The number of nitrogens with zero attached hydrogens (tertiary/aromatic N) is 1. The molecule has 1 rings (SSSR count). The number of benzene rings is 1. The number of carbonyl (C=O) groups is 2. The molecule has 0 unspecified atom stereocenters. The van der Waals surface area contributed by atoms with Gasteiger partial charge < -0.3 is 19.7 Å². The summed E-state index contributed by atoms with van der Waals surface area (Å²) in [5.74, 6) is 0.0991. The minimum absolute atomic E-state index is 0.0893. The maximum Gasteiger partial charge on any atom is 0.325 e. The number of para-hydroxylation sites is 2. The number of hydrogen-bond donors (Lipinski definition) is 1. The van der Waals surface area contributed by atoms with Gasteiger partial charge in [-0.2, -0.15) is 0 Å². The minimum Gasteiger partial charge on any atom is -0.495 e. The van der Waals surface area contributed by atoms with Crippen LogP contribution in [0, 0.1) is 0 Å². The van der Waals surface area contributed by atoms with Gasteiger partial charge in [-0.25, -0.2) is 4.79 Å². The third-order valence-corrected chi connectivity index (χ3v) is 2.57. The van der Waals surface area contributed by atoms with Crippen molar-refractivity contribution < 1.29 is 19.1 Å². The van der Waals surface area contributed by atoms with Crippen LogP contribution in [-0.4, -0.2) is 44.2 Å². The number of likely N-dealkylation sites (N-methyl/N-ethyl adjacent to an activating group) is 1. The lowest BCUT2D eigenvalue weighted by Gasteiger charge is -2.20. The van der Waals surface area contributed by atoms with Crippen molar-refractivity contribution in [3.05, 3.63) is 24.3 Å². The van der Waals surface area contributed by atoms with Crippen LogP contribution in [0.15, 0.2) is 24.3 Å². The zero-order valence-corrected chi connectivity index (χ0v) is 11.3. The molecular formula is C13H18N2O4. The zero-order chi connectivity index (χ0) is 14.3. The van der Waals surface area contributed by atoms with E-state index in [0.717, 1.165) is 0 Å². The molecule has 0 saturated carbocycles. The number of methoxy groups -OCH3 is 2. The van der Waals surface area contributed by atoms with Gasteiger partial charge in [-0.1, -0.05) is 12.1 Å². The highest BCUT2D eigenvalue weighted by Crippen LogP contribution is 2.23. The molecule has 1 aromatic carbocycles. The Morgan fingerprint density at radius 2 is 1.95 bits per heavy atom. The van der Waals surface area contributed by atoms with E-state index in [0.29, 0.717) is 18.0 Å². The van der Waals surface area contributed by atoms with E-state index in [4.69, 9.17) is 4.74 Å². The first-order valence-corrected chi connectivity index (χ1v) is 5.88. The maximum atomic E-state index is 12.0. The van der Waals surface area contributed by atoms with Crippen molar-refractivity contribution in [2.45, 2.75) is 6.92 Å². The van der Waals surface area contributed by atoms with Crippen LogP contribution in [0.25, 0.3) is 0 Å². The average molecular weight is 266 g/mol. The molecule has 0 bridgehead atoms. The summed E-state index contributed by atoms with van der Waals surface area (Å²) >= 11 is 0. The van der Waals surface area contributed by atoms with Gasteiger partial charge in [0.05, 0.1) is 19.9 Å². The third-order valence-electron chi connectivity index (χ3n) is 2.57. The molecule has 104 valence electrons. The molecule has 0 fully saturated rings. The Morgan fingerprint density at radius 3 is 2.53 bits per heavy atom. The number of nitrogens with one attached hydrogen (secondary N) is 1. The standard InChI is InChI=1S/C13H18N2O4/c1-4-15(9-12(16)19-3)13(17)14-10-7-5-6-8-11(10)18-2/h5-8H,4,9H2,1-3H3,(H,14,17). The highest BCUT2D eigenvalue weighted by Gasteiger charge is 2.16. The van der Waals surface area contributed by atoms with Crippen molar-refractivity contribution in [3.8, 4) is 5.75 Å². The molecular weight excluding hydrogens is 248 g/mol. The average Bonchev–Trinajstić information content (AvgIpc) is 2.44. The number of carbonyl (C=O) groups excluding carboxylic acids is 2. The number of esters is 1. The summed E-state index contributed by atoms with van der Waals surface area (Å²) < 4.78 is 9.68. The van der Waals surface area contributed by atoms with Crippen LogP contribution in [0.5, 0.6) is 5.75 Å². The summed E-state index contributed by atoms with van der Waals surface area (Å²) in [6.07, 6.45) is 0. The fraction of sp³-hybridized carbons (Fsp3) is 0.385. The Kier molecular flexibility index (Phi) is 5.66. The predicted octanol–water partition coefficient (Wildman–Crippen LogP) is 1.72. The van der Waals surface area contributed by atoms with Crippen LogP contribution in [0.2, 0.25) is 0 Å². The van der Waals surface area contributed by atoms with Crippen molar-refractivity contribution in [1.29, 1.82) is 0 Å². The van der Waals surface area contributed by atoms with Crippen LogP contribution in [0.1, 0.15) is 6.92 Å². The normalized spacial score (nSPS) is 9.63. The smallest absolute Gasteiger partial charge is 0.325 e. The maximum absolute atomic E-state index is 12.0. The number of urea groups is 1. The summed E-state index contributed by atoms with van der Waals surface area (Å²) in [7, 11) is 2.81.